The van der Waals surface area contributed by atoms with Gasteiger partial charge in [0.2, 0.25) is 0 Å². The molecule has 0 nitrogen and oxygen atoms in total. The van der Waals surface area contributed by atoms with E-state index in [0.29, 0.717) is 0 Å². The summed E-state index contributed by atoms with van der Waals surface area (Å²) < 4.78 is 0. The Morgan fingerprint density at radius 2 is 2.17 bits per heavy atom. The zero-order valence-corrected chi connectivity index (χ0v) is 8.82. The molecule has 0 aromatic carbocycles. The first-order valence-corrected chi connectivity index (χ1v) is 5.23. The summed E-state index contributed by atoms with van der Waals surface area (Å²) in [5.41, 5.74) is 0. The number of aryl methyl sites for hydroxylation is 1. The fourth-order valence-corrected chi connectivity index (χ4v) is 1.81. The lowest BCUT2D eigenvalue weighted by Crippen LogP contribution is -1.80. The van der Waals surface area contributed by atoms with Crippen LogP contribution in [0.3, 0.4) is 0 Å². The second-order valence-electron chi connectivity index (χ2n) is 3.48. The maximum Gasteiger partial charge on any atom is 0.0269 e. The van der Waals surface area contributed by atoms with Crippen molar-refractivity contribution in [3.05, 3.63) is 28.0 Å². The van der Waals surface area contributed by atoms with Gasteiger partial charge in [0.05, 0.1) is 0 Å². The molecule has 0 aliphatic rings. The van der Waals surface area contributed by atoms with Crippen molar-refractivity contribution in [1.29, 1.82) is 0 Å². The van der Waals surface area contributed by atoms with E-state index in [2.05, 4.69) is 45.1 Å². The lowest BCUT2D eigenvalue weighted by atomic mass is 10.1. The SMILES string of the molecule is Cc1ccc(/C=C/CC(C)C)s1. The van der Waals surface area contributed by atoms with Gasteiger partial charge in [-0.05, 0) is 37.5 Å². The summed E-state index contributed by atoms with van der Waals surface area (Å²) in [6.07, 6.45) is 5.66. The van der Waals surface area contributed by atoms with Crippen LogP contribution in [-0.2, 0) is 0 Å². The van der Waals surface area contributed by atoms with Crippen LogP contribution in [0.4, 0.5) is 0 Å². The van der Waals surface area contributed by atoms with Gasteiger partial charge in [0.15, 0.2) is 0 Å². The maximum absolute atomic E-state index is 2.26. The number of thiophene rings is 1. The summed E-state index contributed by atoms with van der Waals surface area (Å²) in [4.78, 5) is 2.76. The average molecular weight is 180 g/mol. The molecule has 0 spiro atoms. The molecule has 1 aromatic rings. The highest BCUT2D eigenvalue weighted by Gasteiger charge is 1.91. The first-order valence-electron chi connectivity index (χ1n) is 4.41. The maximum atomic E-state index is 2.26. The zero-order valence-electron chi connectivity index (χ0n) is 8.00. The van der Waals surface area contributed by atoms with E-state index in [4.69, 9.17) is 0 Å². The van der Waals surface area contributed by atoms with Crippen molar-refractivity contribution in [1.82, 2.24) is 0 Å². The molecule has 12 heavy (non-hydrogen) atoms. The van der Waals surface area contributed by atoms with Crippen molar-refractivity contribution in [3.63, 3.8) is 0 Å². The second-order valence-corrected chi connectivity index (χ2v) is 4.80. The van der Waals surface area contributed by atoms with Crippen LogP contribution in [0.2, 0.25) is 0 Å². The van der Waals surface area contributed by atoms with E-state index >= 15 is 0 Å². The van der Waals surface area contributed by atoms with Gasteiger partial charge >= 0.3 is 0 Å². The van der Waals surface area contributed by atoms with E-state index in [-0.39, 0.29) is 0 Å². The van der Waals surface area contributed by atoms with E-state index < -0.39 is 0 Å². The first-order chi connectivity index (χ1) is 5.68. The topological polar surface area (TPSA) is 0 Å². The summed E-state index contributed by atoms with van der Waals surface area (Å²) in [5, 5.41) is 0. The van der Waals surface area contributed by atoms with E-state index in [9.17, 15) is 0 Å². The van der Waals surface area contributed by atoms with Crippen molar-refractivity contribution in [3.8, 4) is 0 Å². The van der Waals surface area contributed by atoms with Gasteiger partial charge < -0.3 is 0 Å². The molecule has 1 heterocycles. The Kier molecular flexibility index (Phi) is 3.54. The van der Waals surface area contributed by atoms with Crippen molar-refractivity contribution < 1.29 is 0 Å². The van der Waals surface area contributed by atoms with Crippen molar-refractivity contribution in [2.45, 2.75) is 27.2 Å². The molecule has 0 amide bonds. The highest BCUT2D eigenvalue weighted by molar-refractivity contribution is 7.12. The third-order valence-corrected chi connectivity index (χ3v) is 2.62. The molecule has 0 aliphatic carbocycles. The molecule has 0 bridgehead atoms. The molecule has 0 atom stereocenters. The van der Waals surface area contributed by atoms with Crippen LogP contribution < -0.4 is 0 Å². The normalized spacial score (nSPS) is 11.7. The summed E-state index contributed by atoms with van der Waals surface area (Å²) in [6, 6.07) is 4.34. The molecule has 1 aromatic heterocycles. The highest BCUT2D eigenvalue weighted by Crippen LogP contribution is 2.17. The fourth-order valence-electron chi connectivity index (χ4n) is 0.999. The van der Waals surface area contributed by atoms with Crippen LogP contribution in [0.15, 0.2) is 18.2 Å². The minimum absolute atomic E-state index is 0.766. The van der Waals surface area contributed by atoms with Crippen LogP contribution in [0.1, 0.15) is 30.0 Å². The van der Waals surface area contributed by atoms with Crippen LogP contribution in [0.5, 0.6) is 0 Å². The predicted octanol–water partition coefficient (Wildman–Crippen LogP) is 4.12. The third-order valence-electron chi connectivity index (χ3n) is 1.65. The van der Waals surface area contributed by atoms with Crippen molar-refractivity contribution >= 4 is 17.4 Å². The number of hydrogen-bond acceptors (Lipinski definition) is 1. The fraction of sp³-hybridized carbons (Fsp3) is 0.455. The molecule has 0 fully saturated rings. The van der Waals surface area contributed by atoms with E-state index in [0.717, 1.165) is 5.92 Å². The van der Waals surface area contributed by atoms with Gasteiger partial charge in [-0.3, -0.25) is 0 Å². The molecule has 0 N–H and O–H groups in total. The molecule has 1 rings (SSSR count). The van der Waals surface area contributed by atoms with E-state index in [1.165, 1.54) is 16.2 Å². The average Bonchev–Trinajstić information content (AvgIpc) is 2.35. The van der Waals surface area contributed by atoms with Crippen LogP contribution in [-0.4, -0.2) is 0 Å². The monoisotopic (exact) mass is 180 g/mol. The summed E-state index contributed by atoms with van der Waals surface area (Å²) in [6.45, 7) is 6.62. The summed E-state index contributed by atoms with van der Waals surface area (Å²) in [5.74, 6) is 0.766. The molecule has 0 unspecified atom stereocenters. The Hall–Kier alpha value is -0.560. The molecular formula is C11H16S. The van der Waals surface area contributed by atoms with Gasteiger partial charge in [0.25, 0.3) is 0 Å². The smallest absolute Gasteiger partial charge is 0.0269 e. The van der Waals surface area contributed by atoms with Crippen molar-refractivity contribution in [2.75, 3.05) is 0 Å². The molecule has 66 valence electrons. The molecule has 0 saturated carbocycles. The lowest BCUT2D eigenvalue weighted by molar-refractivity contribution is 0.665. The second kappa shape index (κ2) is 4.46. The minimum atomic E-state index is 0.766. The van der Waals surface area contributed by atoms with Gasteiger partial charge in [-0.2, -0.15) is 0 Å². The Bertz CT molecular complexity index is 256. The lowest BCUT2D eigenvalue weighted by Gasteiger charge is -1.95. The van der Waals surface area contributed by atoms with Crippen molar-refractivity contribution in [2.24, 2.45) is 5.92 Å². The zero-order chi connectivity index (χ0) is 8.97. The predicted molar refractivity (Wildman–Crippen MR) is 57.5 cm³/mol. The van der Waals surface area contributed by atoms with E-state index in [1.54, 1.807) is 0 Å². The molecule has 1 heteroatoms. The van der Waals surface area contributed by atoms with Gasteiger partial charge in [0, 0.05) is 9.75 Å². The Balaban J connectivity index is 2.46. The minimum Gasteiger partial charge on any atom is -0.141 e. The summed E-state index contributed by atoms with van der Waals surface area (Å²) >= 11 is 1.85. The number of hydrogen-bond donors (Lipinski definition) is 0. The van der Waals surface area contributed by atoms with Gasteiger partial charge in [-0.25, -0.2) is 0 Å². The molecular weight excluding hydrogens is 164 g/mol. The quantitative estimate of drug-likeness (QED) is 0.656. The van der Waals surface area contributed by atoms with Gasteiger partial charge in [-0.15, -0.1) is 11.3 Å². The third kappa shape index (κ3) is 3.22. The highest BCUT2D eigenvalue weighted by atomic mass is 32.1. The van der Waals surface area contributed by atoms with Crippen LogP contribution >= 0.6 is 11.3 Å². The van der Waals surface area contributed by atoms with Gasteiger partial charge in [-0.1, -0.05) is 19.9 Å². The molecule has 0 saturated heterocycles. The standard InChI is InChI=1S/C11H16S/c1-9(2)5-4-6-11-8-7-10(3)12-11/h4,6-9H,5H2,1-3H3/b6-4+. The first kappa shape index (κ1) is 9.53. The van der Waals surface area contributed by atoms with E-state index in [1.807, 2.05) is 11.3 Å². The molecule has 0 radical (unpaired) electrons. The molecule has 0 aliphatic heterocycles. The number of rotatable bonds is 3. The Morgan fingerprint density at radius 1 is 1.42 bits per heavy atom. The Morgan fingerprint density at radius 3 is 2.67 bits per heavy atom. The van der Waals surface area contributed by atoms with Gasteiger partial charge in [0.1, 0.15) is 0 Å². The largest absolute Gasteiger partial charge is 0.141 e. The van der Waals surface area contributed by atoms with Crippen LogP contribution in [0.25, 0.3) is 6.08 Å². The summed E-state index contributed by atoms with van der Waals surface area (Å²) in [7, 11) is 0. The number of allylic oxidation sites excluding steroid dienone is 1. The van der Waals surface area contributed by atoms with Crippen LogP contribution in [0, 0.1) is 12.8 Å². The Labute approximate surface area is 78.9 Å².